The minimum atomic E-state index is -5.96. The van der Waals surface area contributed by atoms with Gasteiger partial charge >= 0.3 is 20.1 Å². The summed E-state index contributed by atoms with van der Waals surface area (Å²) in [4.78, 5) is 0. The Morgan fingerprint density at radius 1 is 0.923 bits per heavy atom. The molecule has 0 spiro atoms. The molecule has 0 aliphatic rings. The molecule has 0 saturated carbocycles. The van der Waals surface area contributed by atoms with Crippen molar-refractivity contribution in [3.8, 4) is 0 Å². The smallest absolute Gasteiger partial charge is 0.319 e. The molecule has 0 saturated heterocycles. The lowest BCUT2D eigenvalue weighted by molar-refractivity contribution is -0.311. The number of hydrogen-bond acceptors (Lipinski definition) is 5. The van der Waals surface area contributed by atoms with Crippen LogP contribution in [0.5, 0.6) is 0 Å². The maximum absolute atomic E-state index is 13.5. The average molecular weight is 409 g/mol. The second-order valence-electron chi connectivity index (χ2n) is 4.81. The number of hydrogen-bond donors (Lipinski definition) is 3. The van der Waals surface area contributed by atoms with Crippen LogP contribution in [0, 0.1) is 0 Å². The number of hydrazine groups is 1. The summed E-state index contributed by atoms with van der Waals surface area (Å²) in [6.45, 7) is 1.60. The summed E-state index contributed by atoms with van der Waals surface area (Å²) in [5, 5.41) is 0.983. The van der Waals surface area contributed by atoms with Gasteiger partial charge < -0.3 is 5.43 Å². The normalized spacial score (nSPS) is 13.7. The van der Waals surface area contributed by atoms with E-state index < -0.39 is 39.0 Å². The second kappa shape index (κ2) is 8.57. The first-order chi connectivity index (χ1) is 11.9. The van der Waals surface area contributed by atoms with E-state index in [1.165, 1.54) is 44.2 Å². The number of halogens is 6. The van der Waals surface area contributed by atoms with Crippen LogP contribution >= 0.6 is 7.75 Å². The Morgan fingerprint density at radius 2 is 1.38 bits per heavy atom. The van der Waals surface area contributed by atoms with Gasteiger partial charge in [0.1, 0.15) is 0 Å². The number of benzene rings is 1. The fourth-order valence-electron chi connectivity index (χ4n) is 1.79. The molecule has 0 atom stereocenters. The predicted molar refractivity (Wildman–Crippen MR) is 82.0 cm³/mol. The minimum absolute atomic E-state index is 0.0881. The lowest BCUT2D eigenvalue weighted by Gasteiger charge is -2.40. The molecule has 0 heterocycles. The summed E-state index contributed by atoms with van der Waals surface area (Å²) in [5.41, 5.74) is -1.92. The molecule has 0 amide bonds. The third-order valence-corrected chi connectivity index (χ3v) is 4.73. The van der Waals surface area contributed by atoms with E-state index in [-0.39, 0.29) is 5.69 Å². The standard InChI is InChI=1S/C13H18F6N3O3P/c1-3-24-26(23,25-4-2)22-11(12(14,15)16,13(17,18)19)21-20-10-8-6-5-7-9-10/h5-9,20-21H,3-4H2,1-2H3,(H,22,23). The Balaban J connectivity index is 3.32. The molecule has 13 heteroatoms. The molecule has 0 radical (unpaired) electrons. The third-order valence-electron chi connectivity index (χ3n) is 2.92. The Bertz CT molecular complexity index is 587. The maximum Gasteiger partial charge on any atom is 0.431 e. The van der Waals surface area contributed by atoms with Crippen molar-refractivity contribution < 1.29 is 40.0 Å². The lowest BCUT2D eigenvalue weighted by Crippen LogP contribution is -2.74. The molecule has 0 aliphatic heterocycles. The van der Waals surface area contributed by atoms with Crippen molar-refractivity contribution >= 4 is 13.4 Å². The molecule has 0 bridgehead atoms. The lowest BCUT2D eigenvalue weighted by atomic mass is 10.1. The zero-order valence-electron chi connectivity index (χ0n) is 13.7. The van der Waals surface area contributed by atoms with Gasteiger partial charge in [0.05, 0.1) is 13.2 Å². The third kappa shape index (κ3) is 5.34. The summed E-state index contributed by atoms with van der Waals surface area (Å²) in [6, 6.07) is 6.77. The Kier molecular flexibility index (Phi) is 7.49. The largest absolute Gasteiger partial charge is 0.431 e. The van der Waals surface area contributed by atoms with Crippen molar-refractivity contribution in [1.82, 2.24) is 10.5 Å². The number of anilines is 1. The van der Waals surface area contributed by atoms with E-state index in [0.717, 1.165) is 10.5 Å². The quantitative estimate of drug-likeness (QED) is 0.246. The molecule has 6 nitrogen and oxygen atoms in total. The van der Waals surface area contributed by atoms with E-state index in [9.17, 15) is 30.9 Å². The van der Waals surface area contributed by atoms with Gasteiger partial charge in [-0.15, -0.1) is 0 Å². The number of rotatable bonds is 9. The predicted octanol–water partition coefficient (Wildman–Crippen LogP) is 4.19. The van der Waals surface area contributed by atoms with Crippen LogP contribution in [-0.2, 0) is 13.6 Å². The molecule has 3 N–H and O–H groups in total. The van der Waals surface area contributed by atoms with Crippen molar-refractivity contribution in [1.29, 1.82) is 0 Å². The van der Waals surface area contributed by atoms with E-state index >= 15 is 0 Å². The fourth-order valence-corrected chi connectivity index (χ4v) is 3.40. The van der Waals surface area contributed by atoms with Crippen molar-refractivity contribution in [2.45, 2.75) is 31.9 Å². The van der Waals surface area contributed by atoms with Crippen LogP contribution in [-0.4, -0.2) is 31.2 Å². The highest BCUT2D eigenvalue weighted by atomic mass is 31.2. The first-order valence-corrected chi connectivity index (χ1v) is 8.85. The second-order valence-corrected chi connectivity index (χ2v) is 6.54. The van der Waals surface area contributed by atoms with Crippen molar-refractivity contribution in [2.24, 2.45) is 0 Å². The van der Waals surface area contributed by atoms with Gasteiger partial charge in [-0.1, -0.05) is 18.2 Å². The summed E-state index contributed by atoms with van der Waals surface area (Å²) in [5.74, 6) is 0. The monoisotopic (exact) mass is 409 g/mol. The van der Waals surface area contributed by atoms with Crippen molar-refractivity contribution in [2.75, 3.05) is 18.6 Å². The van der Waals surface area contributed by atoms with Crippen LogP contribution in [0.15, 0.2) is 30.3 Å². The zero-order valence-corrected chi connectivity index (χ0v) is 14.6. The fraction of sp³-hybridized carbons (Fsp3) is 0.538. The molecule has 0 fully saturated rings. The van der Waals surface area contributed by atoms with Gasteiger partial charge in [-0.25, -0.2) is 4.57 Å². The van der Waals surface area contributed by atoms with E-state index in [1.54, 1.807) is 0 Å². The van der Waals surface area contributed by atoms with Gasteiger partial charge in [0.2, 0.25) is 0 Å². The van der Waals surface area contributed by atoms with Gasteiger partial charge in [-0.3, -0.25) is 9.05 Å². The van der Waals surface area contributed by atoms with Crippen molar-refractivity contribution in [3.63, 3.8) is 0 Å². The Morgan fingerprint density at radius 3 is 1.77 bits per heavy atom. The van der Waals surface area contributed by atoms with E-state index in [0.29, 0.717) is 0 Å². The Hall–Kier alpha value is -1.33. The summed E-state index contributed by atoms with van der Waals surface area (Å²) < 4.78 is 102. The topological polar surface area (TPSA) is 71.6 Å². The van der Waals surface area contributed by atoms with E-state index in [2.05, 4.69) is 9.05 Å². The number of para-hydroxylation sites is 1. The van der Waals surface area contributed by atoms with E-state index in [1.807, 2.05) is 5.43 Å². The molecule has 0 aliphatic carbocycles. The molecule has 1 rings (SSSR count). The SMILES string of the molecule is CCOP(=O)(NC(NNc1ccccc1)(C(F)(F)F)C(F)(F)F)OCC. The van der Waals surface area contributed by atoms with Crippen LogP contribution in [0.4, 0.5) is 32.0 Å². The molecule has 0 aromatic heterocycles. The highest BCUT2D eigenvalue weighted by molar-refractivity contribution is 7.51. The molecular formula is C13H18F6N3O3P. The van der Waals surface area contributed by atoms with Crippen LogP contribution in [0.25, 0.3) is 0 Å². The molecule has 0 unspecified atom stereocenters. The minimum Gasteiger partial charge on any atom is -0.319 e. The summed E-state index contributed by atoms with van der Waals surface area (Å²) >= 11 is 0. The first kappa shape index (κ1) is 22.7. The van der Waals surface area contributed by atoms with Crippen molar-refractivity contribution in [3.05, 3.63) is 30.3 Å². The number of alkyl halides is 6. The van der Waals surface area contributed by atoms with Gasteiger partial charge in [0.25, 0.3) is 5.66 Å². The molecule has 1 aromatic carbocycles. The van der Waals surface area contributed by atoms with Gasteiger partial charge in [0, 0.05) is 5.69 Å². The van der Waals surface area contributed by atoms with Crippen LogP contribution in [0.2, 0.25) is 0 Å². The van der Waals surface area contributed by atoms with Gasteiger partial charge in [-0.05, 0) is 26.0 Å². The van der Waals surface area contributed by atoms with E-state index in [4.69, 9.17) is 0 Å². The average Bonchev–Trinajstić information content (AvgIpc) is 2.50. The van der Waals surface area contributed by atoms with Gasteiger partial charge in [-0.2, -0.15) is 36.9 Å². The summed E-state index contributed by atoms with van der Waals surface area (Å²) in [7, 11) is -4.95. The highest BCUT2D eigenvalue weighted by Crippen LogP contribution is 2.52. The van der Waals surface area contributed by atoms with Crippen LogP contribution in [0.1, 0.15) is 13.8 Å². The molecular weight excluding hydrogens is 391 g/mol. The summed E-state index contributed by atoms with van der Waals surface area (Å²) in [6.07, 6.45) is -11.9. The molecule has 1 aromatic rings. The Labute approximate surface area is 145 Å². The van der Waals surface area contributed by atoms with Crippen LogP contribution < -0.4 is 15.9 Å². The molecule has 26 heavy (non-hydrogen) atoms. The van der Waals surface area contributed by atoms with Crippen LogP contribution in [0.3, 0.4) is 0 Å². The van der Waals surface area contributed by atoms with Gasteiger partial charge in [0.15, 0.2) is 0 Å². The maximum atomic E-state index is 13.5. The molecule has 150 valence electrons. The zero-order chi connectivity index (χ0) is 20.1. The first-order valence-electron chi connectivity index (χ1n) is 7.31. The number of nitrogens with one attached hydrogen (secondary N) is 3. The highest BCUT2D eigenvalue weighted by Gasteiger charge is 2.74.